The number of hydrogen-bond donors (Lipinski definition) is 1. The lowest BCUT2D eigenvalue weighted by Gasteiger charge is -2.18. The molecule has 4 heteroatoms. The highest BCUT2D eigenvalue weighted by Gasteiger charge is 2.15. The lowest BCUT2D eigenvalue weighted by molar-refractivity contribution is -0.0208. The largest absolute Gasteiger partial charge is 0.390 e. The van der Waals surface area contributed by atoms with Gasteiger partial charge < -0.3 is 9.84 Å². The third-order valence-electron chi connectivity index (χ3n) is 2.40. The van der Waals surface area contributed by atoms with Gasteiger partial charge in [-0.3, -0.25) is 0 Å². The van der Waals surface area contributed by atoms with Crippen LogP contribution in [0.4, 0.5) is 4.39 Å². The molecule has 0 aliphatic carbocycles. The van der Waals surface area contributed by atoms with Crippen molar-refractivity contribution >= 4 is 15.9 Å². The van der Waals surface area contributed by atoms with Crippen LogP contribution in [0.1, 0.15) is 19.4 Å². The van der Waals surface area contributed by atoms with Crippen molar-refractivity contribution in [2.75, 3.05) is 6.61 Å². The molecule has 1 aromatic rings. The first-order valence-electron chi connectivity index (χ1n) is 5.28. The second kappa shape index (κ2) is 6.33. The van der Waals surface area contributed by atoms with Crippen LogP contribution in [0.3, 0.4) is 0 Å². The van der Waals surface area contributed by atoms with Gasteiger partial charge in [0.1, 0.15) is 5.82 Å². The van der Waals surface area contributed by atoms with Crippen LogP contribution in [0.5, 0.6) is 0 Å². The van der Waals surface area contributed by atoms with Crippen molar-refractivity contribution in [3.63, 3.8) is 0 Å². The molecule has 0 aliphatic heterocycles. The molecule has 0 radical (unpaired) electrons. The van der Waals surface area contributed by atoms with Crippen molar-refractivity contribution in [3.05, 3.63) is 34.1 Å². The molecule has 1 rings (SSSR count). The predicted octanol–water partition coefficient (Wildman–Crippen LogP) is 2.92. The summed E-state index contributed by atoms with van der Waals surface area (Å²) in [6, 6.07) is 4.73. The Bertz CT molecular complexity index is 344. The molecule has 0 heterocycles. The Morgan fingerprint density at radius 2 is 2.19 bits per heavy atom. The number of hydrogen-bond acceptors (Lipinski definition) is 2. The Balaban J connectivity index is 2.62. The van der Waals surface area contributed by atoms with Gasteiger partial charge in [0.05, 0.1) is 16.7 Å². The first kappa shape index (κ1) is 13.6. The van der Waals surface area contributed by atoms with Gasteiger partial charge in [-0.15, -0.1) is 0 Å². The third kappa shape index (κ3) is 3.85. The van der Waals surface area contributed by atoms with E-state index in [1.807, 2.05) is 13.8 Å². The summed E-state index contributed by atoms with van der Waals surface area (Å²) in [7, 11) is 0. The highest BCUT2D eigenvalue weighted by molar-refractivity contribution is 9.10. The van der Waals surface area contributed by atoms with Gasteiger partial charge in [0.2, 0.25) is 0 Å². The average Bonchev–Trinajstić information content (AvgIpc) is 2.24. The lowest BCUT2D eigenvalue weighted by Crippen LogP contribution is -2.28. The zero-order chi connectivity index (χ0) is 12.1. The van der Waals surface area contributed by atoms with Crippen molar-refractivity contribution in [1.82, 2.24) is 0 Å². The van der Waals surface area contributed by atoms with E-state index in [0.29, 0.717) is 17.5 Å². The molecule has 0 amide bonds. The number of aliphatic hydroxyl groups is 1. The second-order valence-electron chi connectivity index (χ2n) is 3.68. The van der Waals surface area contributed by atoms with Crippen molar-refractivity contribution in [3.8, 4) is 0 Å². The van der Waals surface area contributed by atoms with Crippen molar-refractivity contribution < 1.29 is 14.2 Å². The summed E-state index contributed by atoms with van der Waals surface area (Å²) in [4.78, 5) is 0. The predicted molar refractivity (Wildman–Crippen MR) is 64.9 cm³/mol. The minimum Gasteiger partial charge on any atom is -0.390 e. The third-order valence-corrected chi connectivity index (χ3v) is 3.01. The summed E-state index contributed by atoms with van der Waals surface area (Å²) in [6.45, 7) is 4.29. The van der Waals surface area contributed by atoms with Crippen molar-refractivity contribution in [1.29, 1.82) is 0 Å². The summed E-state index contributed by atoms with van der Waals surface area (Å²) in [5.74, 6) is -0.295. The molecule has 0 aliphatic rings. The van der Waals surface area contributed by atoms with Crippen LogP contribution in [-0.4, -0.2) is 23.9 Å². The molecule has 0 saturated carbocycles. The van der Waals surface area contributed by atoms with Gasteiger partial charge in [-0.05, 0) is 47.5 Å². The number of rotatable bonds is 5. The Morgan fingerprint density at radius 3 is 2.75 bits per heavy atom. The topological polar surface area (TPSA) is 29.5 Å². The molecule has 0 spiro atoms. The Hall–Kier alpha value is -0.450. The fourth-order valence-corrected chi connectivity index (χ4v) is 1.87. The Labute approximate surface area is 104 Å². The number of halogens is 2. The van der Waals surface area contributed by atoms with E-state index in [9.17, 15) is 9.50 Å². The minimum atomic E-state index is -0.572. The van der Waals surface area contributed by atoms with Gasteiger partial charge in [0.15, 0.2) is 0 Å². The molecular weight excluding hydrogens is 275 g/mol. The number of ether oxygens (including phenoxy) is 1. The fourth-order valence-electron chi connectivity index (χ4n) is 1.45. The molecule has 0 fully saturated rings. The molecule has 16 heavy (non-hydrogen) atoms. The van der Waals surface area contributed by atoms with Crippen LogP contribution in [0.15, 0.2) is 22.7 Å². The maximum Gasteiger partial charge on any atom is 0.137 e. The van der Waals surface area contributed by atoms with Gasteiger partial charge in [-0.25, -0.2) is 4.39 Å². The maximum absolute atomic E-state index is 13.0. The van der Waals surface area contributed by atoms with Gasteiger partial charge in [-0.1, -0.05) is 6.07 Å². The quantitative estimate of drug-likeness (QED) is 0.904. The van der Waals surface area contributed by atoms with Gasteiger partial charge >= 0.3 is 0 Å². The summed E-state index contributed by atoms with van der Waals surface area (Å²) in [5, 5.41) is 9.83. The number of aliphatic hydroxyl groups excluding tert-OH is 1. The molecule has 1 aromatic carbocycles. The monoisotopic (exact) mass is 290 g/mol. The van der Waals surface area contributed by atoms with Crippen LogP contribution in [0, 0.1) is 5.82 Å². The highest BCUT2D eigenvalue weighted by atomic mass is 79.9. The zero-order valence-electron chi connectivity index (χ0n) is 9.41. The SMILES string of the molecule is CCOC(C)C(O)Cc1ccc(F)c(Br)c1. The standard InChI is InChI=1S/C12H16BrFO2/c1-3-16-8(2)12(15)7-9-4-5-11(14)10(13)6-9/h4-6,8,12,15H,3,7H2,1-2H3. The van der Waals surface area contributed by atoms with Crippen molar-refractivity contribution in [2.45, 2.75) is 32.5 Å². The molecule has 90 valence electrons. The average molecular weight is 291 g/mol. The van der Waals surface area contributed by atoms with E-state index in [-0.39, 0.29) is 11.9 Å². The summed E-state index contributed by atoms with van der Waals surface area (Å²) in [5.41, 5.74) is 0.882. The van der Waals surface area contributed by atoms with Crippen LogP contribution in [-0.2, 0) is 11.2 Å². The molecule has 0 bridgehead atoms. The van der Waals surface area contributed by atoms with E-state index in [0.717, 1.165) is 5.56 Å². The molecule has 2 nitrogen and oxygen atoms in total. The zero-order valence-corrected chi connectivity index (χ0v) is 11.0. The Kier molecular flexibility index (Phi) is 5.38. The van der Waals surface area contributed by atoms with E-state index in [4.69, 9.17) is 4.74 Å². The van der Waals surface area contributed by atoms with E-state index < -0.39 is 6.10 Å². The number of benzene rings is 1. The van der Waals surface area contributed by atoms with E-state index in [1.165, 1.54) is 6.07 Å². The van der Waals surface area contributed by atoms with Gasteiger partial charge in [0, 0.05) is 13.0 Å². The first-order valence-corrected chi connectivity index (χ1v) is 6.07. The second-order valence-corrected chi connectivity index (χ2v) is 4.53. The molecule has 2 unspecified atom stereocenters. The molecular formula is C12H16BrFO2. The van der Waals surface area contributed by atoms with E-state index in [2.05, 4.69) is 15.9 Å². The van der Waals surface area contributed by atoms with Crippen LogP contribution < -0.4 is 0 Å². The van der Waals surface area contributed by atoms with Crippen LogP contribution in [0.25, 0.3) is 0 Å². The first-order chi connectivity index (χ1) is 7.54. The fraction of sp³-hybridized carbons (Fsp3) is 0.500. The smallest absolute Gasteiger partial charge is 0.137 e. The van der Waals surface area contributed by atoms with E-state index in [1.54, 1.807) is 12.1 Å². The molecule has 2 atom stereocenters. The maximum atomic E-state index is 13.0. The highest BCUT2D eigenvalue weighted by Crippen LogP contribution is 2.18. The summed E-state index contributed by atoms with van der Waals surface area (Å²) < 4.78 is 18.7. The molecule has 1 N–H and O–H groups in total. The molecule has 0 saturated heterocycles. The lowest BCUT2D eigenvalue weighted by atomic mass is 10.0. The normalized spacial score (nSPS) is 14.8. The van der Waals surface area contributed by atoms with Crippen LogP contribution in [0.2, 0.25) is 0 Å². The van der Waals surface area contributed by atoms with E-state index >= 15 is 0 Å². The Morgan fingerprint density at radius 1 is 1.50 bits per heavy atom. The minimum absolute atomic E-state index is 0.214. The summed E-state index contributed by atoms with van der Waals surface area (Å²) >= 11 is 3.12. The van der Waals surface area contributed by atoms with Crippen LogP contribution >= 0.6 is 15.9 Å². The van der Waals surface area contributed by atoms with Crippen molar-refractivity contribution in [2.24, 2.45) is 0 Å². The molecule has 0 aromatic heterocycles. The van der Waals surface area contributed by atoms with Gasteiger partial charge in [0.25, 0.3) is 0 Å². The van der Waals surface area contributed by atoms with Gasteiger partial charge in [-0.2, -0.15) is 0 Å². The summed E-state index contributed by atoms with van der Waals surface area (Å²) in [6.07, 6.45) is -0.328.